The summed E-state index contributed by atoms with van der Waals surface area (Å²) in [5, 5.41) is 5.73. The molecule has 0 radical (unpaired) electrons. The molecule has 22 heavy (non-hydrogen) atoms. The monoisotopic (exact) mass is 340 g/mol. The van der Waals surface area contributed by atoms with E-state index in [4.69, 9.17) is 23.2 Å². The normalized spacial score (nSPS) is 25.4. The molecule has 0 aromatic heterocycles. The molecule has 6 heteroatoms. The Hall–Kier alpha value is -1.26. The van der Waals surface area contributed by atoms with E-state index in [2.05, 4.69) is 10.6 Å². The average molecular weight is 341 g/mol. The first-order valence-corrected chi connectivity index (χ1v) is 8.13. The van der Waals surface area contributed by atoms with Crippen LogP contribution < -0.4 is 10.6 Å². The Bertz CT molecular complexity index is 611. The van der Waals surface area contributed by atoms with Crippen molar-refractivity contribution in [3.63, 3.8) is 0 Å². The lowest BCUT2D eigenvalue weighted by Crippen LogP contribution is -2.32. The van der Waals surface area contributed by atoms with Crippen molar-refractivity contribution in [3.05, 3.63) is 29.8 Å². The first kappa shape index (κ1) is 15.6. The van der Waals surface area contributed by atoms with E-state index in [1.165, 1.54) is 0 Å². The van der Waals surface area contributed by atoms with E-state index in [9.17, 15) is 9.59 Å². The molecule has 3 rings (SSSR count). The molecule has 0 spiro atoms. The highest BCUT2D eigenvalue weighted by molar-refractivity contribution is 6.53. The van der Waals surface area contributed by atoms with E-state index in [0.717, 1.165) is 24.1 Å². The summed E-state index contributed by atoms with van der Waals surface area (Å²) >= 11 is 12.0. The first-order chi connectivity index (χ1) is 10.3. The van der Waals surface area contributed by atoms with E-state index < -0.39 is 9.75 Å². The second-order valence-corrected chi connectivity index (χ2v) is 7.84. The maximum atomic E-state index is 12.1. The van der Waals surface area contributed by atoms with Gasteiger partial charge in [-0.05, 0) is 43.9 Å². The number of anilines is 1. The SMILES string of the molecule is C[C@]1(C(=O)NCc2ccc(NC(=O)C3CC3)cc2)CC1(Cl)Cl. The van der Waals surface area contributed by atoms with Crippen LogP contribution in [0.5, 0.6) is 0 Å². The number of amides is 2. The van der Waals surface area contributed by atoms with Gasteiger partial charge in [0.1, 0.15) is 4.33 Å². The molecule has 2 fully saturated rings. The lowest BCUT2D eigenvalue weighted by Gasteiger charge is -2.13. The average Bonchev–Trinajstić information content (AvgIpc) is 3.36. The fourth-order valence-electron chi connectivity index (χ4n) is 2.32. The van der Waals surface area contributed by atoms with Crippen molar-refractivity contribution in [3.8, 4) is 0 Å². The number of hydrogen-bond acceptors (Lipinski definition) is 2. The van der Waals surface area contributed by atoms with Crippen LogP contribution in [0.2, 0.25) is 0 Å². The molecule has 0 bridgehead atoms. The molecule has 0 aliphatic heterocycles. The highest BCUT2D eigenvalue weighted by Gasteiger charge is 2.67. The van der Waals surface area contributed by atoms with Gasteiger partial charge >= 0.3 is 0 Å². The summed E-state index contributed by atoms with van der Waals surface area (Å²) in [4.78, 5) is 23.7. The Morgan fingerprint density at radius 1 is 1.23 bits per heavy atom. The van der Waals surface area contributed by atoms with Crippen LogP contribution in [-0.4, -0.2) is 16.1 Å². The van der Waals surface area contributed by atoms with Crippen LogP contribution >= 0.6 is 23.2 Å². The maximum absolute atomic E-state index is 12.1. The maximum Gasteiger partial charge on any atom is 0.229 e. The molecule has 1 atom stereocenters. The van der Waals surface area contributed by atoms with Crippen molar-refractivity contribution in [1.29, 1.82) is 0 Å². The summed E-state index contributed by atoms with van der Waals surface area (Å²) in [7, 11) is 0. The second-order valence-electron chi connectivity index (χ2n) is 6.36. The van der Waals surface area contributed by atoms with Crippen molar-refractivity contribution >= 4 is 40.7 Å². The topological polar surface area (TPSA) is 58.2 Å². The summed E-state index contributed by atoms with van der Waals surface area (Å²) in [6.45, 7) is 2.17. The number of halogens is 2. The highest BCUT2D eigenvalue weighted by Crippen LogP contribution is 2.63. The molecule has 118 valence electrons. The van der Waals surface area contributed by atoms with Crippen molar-refractivity contribution in [2.24, 2.45) is 11.3 Å². The molecule has 0 saturated heterocycles. The number of carbonyl (C=O) groups excluding carboxylic acids is 2. The summed E-state index contributed by atoms with van der Waals surface area (Å²) in [5.41, 5.74) is 1.03. The lowest BCUT2D eigenvalue weighted by atomic mass is 10.1. The predicted octanol–water partition coefficient (Wildman–Crippen LogP) is 3.24. The number of benzene rings is 1. The molecule has 0 unspecified atom stereocenters. The van der Waals surface area contributed by atoms with Gasteiger partial charge in [0.05, 0.1) is 5.41 Å². The van der Waals surface area contributed by atoms with Crippen LogP contribution in [-0.2, 0) is 16.1 Å². The predicted molar refractivity (Wildman–Crippen MR) is 86.8 cm³/mol. The van der Waals surface area contributed by atoms with Gasteiger partial charge in [-0.15, -0.1) is 23.2 Å². The van der Waals surface area contributed by atoms with E-state index in [0.29, 0.717) is 13.0 Å². The molecule has 2 amide bonds. The van der Waals surface area contributed by atoms with Gasteiger partial charge in [-0.25, -0.2) is 0 Å². The highest BCUT2D eigenvalue weighted by atomic mass is 35.5. The molecule has 2 aliphatic rings. The minimum absolute atomic E-state index is 0.0864. The summed E-state index contributed by atoms with van der Waals surface area (Å²) < 4.78 is -0.950. The van der Waals surface area contributed by atoms with Gasteiger partial charge in [0.2, 0.25) is 11.8 Å². The molecule has 1 aromatic carbocycles. The zero-order chi connectivity index (χ0) is 16.0. The fraction of sp³-hybridized carbons (Fsp3) is 0.500. The van der Waals surface area contributed by atoms with Crippen molar-refractivity contribution in [2.75, 3.05) is 5.32 Å². The van der Waals surface area contributed by atoms with Crippen LogP contribution in [0.4, 0.5) is 5.69 Å². The summed E-state index contributed by atoms with van der Waals surface area (Å²) in [5.74, 6) is 0.136. The summed E-state index contributed by atoms with van der Waals surface area (Å²) in [6, 6.07) is 7.45. The Balaban J connectivity index is 1.51. The number of rotatable bonds is 5. The first-order valence-electron chi connectivity index (χ1n) is 7.38. The van der Waals surface area contributed by atoms with Crippen molar-refractivity contribution in [1.82, 2.24) is 5.32 Å². The third-order valence-corrected chi connectivity index (χ3v) is 5.48. The van der Waals surface area contributed by atoms with E-state index in [-0.39, 0.29) is 17.7 Å². The van der Waals surface area contributed by atoms with Gasteiger partial charge in [0.25, 0.3) is 0 Å². The fourth-order valence-corrected chi connectivity index (χ4v) is 3.03. The number of hydrogen-bond donors (Lipinski definition) is 2. The molecule has 2 N–H and O–H groups in total. The van der Waals surface area contributed by atoms with E-state index >= 15 is 0 Å². The Labute approximate surface area is 139 Å². The quantitative estimate of drug-likeness (QED) is 0.808. The van der Waals surface area contributed by atoms with E-state index in [1.54, 1.807) is 6.92 Å². The van der Waals surface area contributed by atoms with Gasteiger partial charge in [-0.1, -0.05) is 12.1 Å². The molecule has 4 nitrogen and oxygen atoms in total. The van der Waals surface area contributed by atoms with Gasteiger partial charge in [0, 0.05) is 18.2 Å². The Kier molecular flexibility index (Phi) is 3.86. The van der Waals surface area contributed by atoms with Crippen molar-refractivity contribution < 1.29 is 9.59 Å². The molecule has 1 aromatic rings. The molecular formula is C16H18Cl2N2O2. The zero-order valence-corrected chi connectivity index (χ0v) is 13.8. The largest absolute Gasteiger partial charge is 0.351 e. The standard InChI is InChI=1S/C16H18Cl2N2O2/c1-15(9-16(15,17)18)14(22)19-8-10-2-6-12(7-3-10)20-13(21)11-4-5-11/h2-3,6-7,11H,4-5,8-9H2,1H3,(H,19,22)(H,20,21)/t15-/m1/s1. The number of carbonyl (C=O) groups is 2. The Morgan fingerprint density at radius 2 is 1.82 bits per heavy atom. The third kappa shape index (κ3) is 3.08. The van der Waals surface area contributed by atoms with E-state index in [1.807, 2.05) is 24.3 Å². The molecule has 0 heterocycles. The van der Waals surface area contributed by atoms with Gasteiger partial charge in [-0.2, -0.15) is 0 Å². The van der Waals surface area contributed by atoms with Gasteiger partial charge in [0.15, 0.2) is 0 Å². The number of nitrogens with one attached hydrogen (secondary N) is 2. The van der Waals surface area contributed by atoms with Crippen LogP contribution in [0, 0.1) is 11.3 Å². The van der Waals surface area contributed by atoms with Gasteiger partial charge < -0.3 is 10.6 Å². The van der Waals surface area contributed by atoms with Crippen molar-refractivity contribution in [2.45, 2.75) is 37.1 Å². The molecular weight excluding hydrogens is 323 g/mol. The second kappa shape index (κ2) is 5.43. The lowest BCUT2D eigenvalue weighted by molar-refractivity contribution is -0.126. The van der Waals surface area contributed by atoms with Gasteiger partial charge in [-0.3, -0.25) is 9.59 Å². The van der Waals surface area contributed by atoms with Crippen LogP contribution in [0.15, 0.2) is 24.3 Å². The summed E-state index contributed by atoms with van der Waals surface area (Å²) in [6.07, 6.45) is 2.44. The van der Waals surface area contributed by atoms with Crippen LogP contribution in [0.3, 0.4) is 0 Å². The van der Waals surface area contributed by atoms with Crippen LogP contribution in [0.1, 0.15) is 31.7 Å². The Morgan fingerprint density at radius 3 is 2.32 bits per heavy atom. The zero-order valence-electron chi connectivity index (χ0n) is 12.3. The minimum Gasteiger partial charge on any atom is -0.351 e. The minimum atomic E-state index is -0.950. The molecule has 2 aliphatic carbocycles. The smallest absolute Gasteiger partial charge is 0.229 e. The van der Waals surface area contributed by atoms with Crippen LogP contribution in [0.25, 0.3) is 0 Å². The third-order valence-electron chi connectivity index (χ3n) is 4.38. The number of alkyl halides is 2. The molecule has 2 saturated carbocycles.